The Bertz CT molecular complexity index is 531. The van der Waals surface area contributed by atoms with E-state index in [9.17, 15) is 0 Å². The molecule has 5 nitrogen and oxygen atoms in total. The van der Waals surface area contributed by atoms with Gasteiger partial charge in [-0.15, -0.1) is 5.10 Å². The summed E-state index contributed by atoms with van der Waals surface area (Å²) in [5.74, 6) is 0.805. The first-order chi connectivity index (χ1) is 9.81. The third-order valence-electron chi connectivity index (χ3n) is 2.72. The molecule has 0 unspecified atom stereocenters. The van der Waals surface area contributed by atoms with Gasteiger partial charge in [-0.3, -0.25) is 0 Å². The molecule has 1 heterocycles. The molecule has 0 atom stereocenters. The largest absolute Gasteiger partial charge is 0.430 e. The third-order valence-corrected chi connectivity index (χ3v) is 3.52. The van der Waals surface area contributed by atoms with Crippen molar-refractivity contribution in [2.75, 3.05) is 20.3 Å². The van der Waals surface area contributed by atoms with Crippen LogP contribution in [0.15, 0.2) is 24.3 Å². The number of hydrogen-bond donors (Lipinski definition) is 1. The summed E-state index contributed by atoms with van der Waals surface area (Å²) < 4.78 is 10.7. The molecule has 0 radical (unpaired) electrons. The number of ether oxygens (including phenoxy) is 2. The first kappa shape index (κ1) is 14.9. The fourth-order valence-electron chi connectivity index (χ4n) is 1.65. The maximum absolute atomic E-state index is 5.72. The molecule has 0 aliphatic heterocycles. The monoisotopic (exact) mass is 293 g/mol. The first-order valence-corrected chi connectivity index (χ1v) is 7.42. The van der Waals surface area contributed by atoms with E-state index in [0.29, 0.717) is 18.3 Å². The molecule has 0 saturated heterocycles. The summed E-state index contributed by atoms with van der Waals surface area (Å²) >= 11 is 1.45. The van der Waals surface area contributed by atoms with Crippen molar-refractivity contribution in [2.24, 2.45) is 0 Å². The lowest BCUT2D eigenvalue weighted by Crippen LogP contribution is -2.18. The molecule has 0 aliphatic carbocycles. The van der Waals surface area contributed by atoms with Crippen LogP contribution in [0, 0.1) is 0 Å². The molecule has 2 rings (SSSR count). The summed E-state index contributed by atoms with van der Waals surface area (Å²) in [5.41, 5.74) is 1.24. The summed E-state index contributed by atoms with van der Waals surface area (Å²) in [7, 11) is 1.68. The van der Waals surface area contributed by atoms with E-state index >= 15 is 0 Å². The number of rotatable bonds is 8. The number of benzene rings is 1. The van der Waals surface area contributed by atoms with Crippen molar-refractivity contribution in [3.8, 4) is 10.9 Å². The molecule has 0 spiro atoms. The van der Waals surface area contributed by atoms with Crippen LogP contribution in [0.4, 0.5) is 0 Å². The van der Waals surface area contributed by atoms with E-state index in [1.165, 1.54) is 16.9 Å². The second-order valence-electron chi connectivity index (χ2n) is 4.23. The van der Waals surface area contributed by atoms with Crippen LogP contribution in [0.3, 0.4) is 0 Å². The van der Waals surface area contributed by atoms with E-state index in [2.05, 4.69) is 28.5 Å². The van der Waals surface area contributed by atoms with E-state index < -0.39 is 0 Å². The normalized spacial score (nSPS) is 10.7. The molecule has 0 fully saturated rings. The molecule has 0 saturated carbocycles. The van der Waals surface area contributed by atoms with Gasteiger partial charge in [0.1, 0.15) is 10.8 Å². The minimum absolute atomic E-state index is 0.571. The zero-order valence-electron chi connectivity index (χ0n) is 11.8. The number of hydrogen-bond acceptors (Lipinski definition) is 6. The SMILES string of the molecule is CCc1cccc(Oc2nnc(CNCCOC)s2)c1. The Morgan fingerprint density at radius 1 is 1.30 bits per heavy atom. The maximum Gasteiger partial charge on any atom is 0.299 e. The molecule has 1 aromatic heterocycles. The predicted molar refractivity (Wildman–Crippen MR) is 79.4 cm³/mol. The Morgan fingerprint density at radius 3 is 3.00 bits per heavy atom. The zero-order chi connectivity index (χ0) is 14.2. The van der Waals surface area contributed by atoms with Crippen LogP contribution >= 0.6 is 11.3 Å². The van der Waals surface area contributed by atoms with Crippen molar-refractivity contribution >= 4 is 11.3 Å². The first-order valence-electron chi connectivity index (χ1n) is 6.60. The molecule has 1 aromatic carbocycles. The predicted octanol–water partition coefficient (Wildman–Crippen LogP) is 2.63. The van der Waals surface area contributed by atoms with Crippen LogP contribution in [0.2, 0.25) is 0 Å². The van der Waals surface area contributed by atoms with E-state index in [4.69, 9.17) is 9.47 Å². The lowest BCUT2D eigenvalue weighted by molar-refractivity contribution is 0.199. The van der Waals surface area contributed by atoms with E-state index in [1.807, 2.05) is 18.2 Å². The third kappa shape index (κ3) is 4.56. The molecular weight excluding hydrogens is 274 g/mol. The lowest BCUT2D eigenvalue weighted by Gasteiger charge is -2.02. The average Bonchev–Trinajstić information content (AvgIpc) is 2.91. The van der Waals surface area contributed by atoms with Gasteiger partial charge in [-0.05, 0) is 24.1 Å². The van der Waals surface area contributed by atoms with Gasteiger partial charge in [0.2, 0.25) is 0 Å². The van der Waals surface area contributed by atoms with Crippen molar-refractivity contribution in [3.63, 3.8) is 0 Å². The van der Waals surface area contributed by atoms with Crippen molar-refractivity contribution in [1.82, 2.24) is 15.5 Å². The van der Waals surface area contributed by atoms with Gasteiger partial charge in [0, 0.05) is 20.2 Å². The van der Waals surface area contributed by atoms with Gasteiger partial charge < -0.3 is 14.8 Å². The summed E-state index contributed by atoms with van der Waals surface area (Å²) in [6.07, 6.45) is 0.988. The number of nitrogens with zero attached hydrogens (tertiary/aromatic N) is 2. The van der Waals surface area contributed by atoms with Gasteiger partial charge in [-0.1, -0.05) is 35.5 Å². The Balaban J connectivity index is 1.88. The fourth-order valence-corrected chi connectivity index (χ4v) is 2.33. The molecule has 2 aromatic rings. The highest BCUT2D eigenvalue weighted by Gasteiger charge is 2.06. The Hall–Kier alpha value is -1.50. The molecule has 6 heteroatoms. The van der Waals surface area contributed by atoms with E-state index in [1.54, 1.807) is 7.11 Å². The van der Waals surface area contributed by atoms with Crippen molar-refractivity contribution in [2.45, 2.75) is 19.9 Å². The Morgan fingerprint density at radius 2 is 2.20 bits per heavy atom. The minimum atomic E-state index is 0.571. The van der Waals surface area contributed by atoms with E-state index in [-0.39, 0.29) is 0 Å². The smallest absolute Gasteiger partial charge is 0.299 e. The van der Waals surface area contributed by atoms with Crippen LogP contribution in [0.1, 0.15) is 17.5 Å². The number of methoxy groups -OCH3 is 1. The number of aromatic nitrogens is 2. The highest BCUT2D eigenvalue weighted by atomic mass is 32.1. The lowest BCUT2D eigenvalue weighted by atomic mass is 10.2. The summed E-state index contributed by atoms with van der Waals surface area (Å²) in [6.45, 7) is 4.28. The van der Waals surface area contributed by atoms with Crippen LogP contribution in [-0.4, -0.2) is 30.5 Å². The highest BCUT2D eigenvalue weighted by molar-refractivity contribution is 7.13. The Labute approximate surface area is 123 Å². The van der Waals surface area contributed by atoms with E-state index in [0.717, 1.165) is 23.7 Å². The molecule has 0 aliphatic rings. The minimum Gasteiger partial charge on any atom is -0.430 e. The quantitative estimate of drug-likeness (QED) is 0.758. The van der Waals surface area contributed by atoms with Gasteiger partial charge in [-0.2, -0.15) is 0 Å². The van der Waals surface area contributed by atoms with Crippen LogP contribution in [0.25, 0.3) is 0 Å². The molecule has 0 bridgehead atoms. The van der Waals surface area contributed by atoms with Gasteiger partial charge in [0.15, 0.2) is 0 Å². The van der Waals surface area contributed by atoms with Gasteiger partial charge in [-0.25, -0.2) is 0 Å². The molecule has 108 valence electrons. The molecule has 20 heavy (non-hydrogen) atoms. The second-order valence-corrected chi connectivity index (χ2v) is 5.26. The fraction of sp³-hybridized carbons (Fsp3) is 0.429. The van der Waals surface area contributed by atoms with Crippen LogP contribution in [-0.2, 0) is 17.7 Å². The standard InChI is InChI=1S/C14H19N3O2S/c1-3-11-5-4-6-12(9-11)19-14-17-16-13(20-14)10-15-7-8-18-2/h4-6,9,15H,3,7-8,10H2,1-2H3. The van der Waals surface area contributed by atoms with Crippen molar-refractivity contribution in [1.29, 1.82) is 0 Å². The molecular formula is C14H19N3O2S. The summed E-state index contributed by atoms with van der Waals surface area (Å²) in [6, 6.07) is 8.02. The van der Waals surface area contributed by atoms with Gasteiger partial charge >= 0.3 is 0 Å². The van der Waals surface area contributed by atoms with Crippen LogP contribution < -0.4 is 10.1 Å². The van der Waals surface area contributed by atoms with Gasteiger partial charge in [0.25, 0.3) is 5.19 Å². The second kappa shape index (κ2) is 7.94. The average molecular weight is 293 g/mol. The highest BCUT2D eigenvalue weighted by Crippen LogP contribution is 2.25. The molecule has 1 N–H and O–H groups in total. The topological polar surface area (TPSA) is 56.3 Å². The number of nitrogens with one attached hydrogen (secondary N) is 1. The Kier molecular flexibility index (Phi) is 5.91. The zero-order valence-corrected chi connectivity index (χ0v) is 12.6. The number of aryl methyl sites for hydroxylation is 1. The maximum atomic E-state index is 5.72. The summed E-state index contributed by atoms with van der Waals surface area (Å²) in [4.78, 5) is 0. The molecule has 0 amide bonds. The summed E-state index contributed by atoms with van der Waals surface area (Å²) in [5, 5.41) is 12.8. The van der Waals surface area contributed by atoms with Crippen molar-refractivity contribution < 1.29 is 9.47 Å². The van der Waals surface area contributed by atoms with Crippen molar-refractivity contribution in [3.05, 3.63) is 34.8 Å². The van der Waals surface area contributed by atoms with Crippen LogP contribution in [0.5, 0.6) is 10.9 Å². The van der Waals surface area contributed by atoms with Gasteiger partial charge in [0.05, 0.1) is 6.61 Å².